The molecule has 0 aliphatic heterocycles. The van der Waals surface area contributed by atoms with Crippen molar-refractivity contribution >= 4 is 29.1 Å². The number of hydrogen-bond acceptors (Lipinski definition) is 3. The van der Waals surface area contributed by atoms with Crippen LogP contribution in [0.15, 0.2) is 55.1 Å². The van der Waals surface area contributed by atoms with Crippen LogP contribution in [0.5, 0.6) is 0 Å². The lowest BCUT2D eigenvalue weighted by Crippen LogP contribution is -2.31. The van der Waals surface area contributed by atoms with Crippen LogP contribution in [0.2, 0.25) is 10.0 Å². The highest BCUT2D eigenvalue weighted by atomic mass is 35.5. The summed E-state index contributed by atoms with van der Waals surface area (Å²) >= 11 is 12.1. The first-order chi connectivity index (χ1) is 17.8. The van der Waals surface area contributed by atoms with E-state index in [1.165, 1.54) is 12.1 Å². The molecule has 3 rings (SSSR count). The molecule has 13 heteroatoms. The Morgan fingerprint density at radius 1 is 0.947 bits per heavy atom. The fraction of sp³-hybridized carbons (Fsp3) is 0.360. The van der Waals surface area contributed by atoms with Gasteiger partial charge in [-0.05, 0) is 67.4 Å². The number of nitrogens with zero attached hydrogens (tertiary/aromatic N) is 2. The third-order valence-corrected chi connectivity index (χ3v) is 6.45. The summed E-state index contributed by atoms with van der Waals surface area (Å²) in [6.07, 6.45) is -3.64. The molecule has 0 spiro atoms. The number of halogens is 8. The third-order valence-electron chi connectivity index (χ3n) is 5.72. The second-order valence-electron chi connectivity index (χ2n) is 8.55. The third kappa shape index (κ3) is 8.64. The Hall–Kier alpha value is -2.76. The minimum absolute atomic E-state index is 0.0440. The fourth-order valence-corrected chi connectivity index (χ4v) is 4.10. The normalized spacial score (nSPS) is 12.9. The van der Waals surface area contributed by atoms with Crippen molar-refractivity contribution in [1.29, 1.82) is 0 Å². The summed E-state index contributed by atoms with van der Waals surface area (Å²) in [7, 11) is 0. The van der Waals surface area contributed by atoms with Gasteiger partial charge in [0, 0.05) is 25.5 Å². The average molecular weight is 581 g/mol. The lowest BCUT2D eigenvalue weighted by Gasteiger charge is -2.19. The maximum absolute atomic E-state index is 13.2. The molecule has 38 heavy (non-hydrogen) atoms. The van der Waals surface area contributed by atoms with E-state index in [-0.39, 0.29) is 21.7 Å². The van der Waals surface area contributed by atoms with Crippen molar-refractivity contribution in [2.45, 2.75) is 44.2 Å². The highest BCUT2D eigenvalue weighted by Gasteiger charge is 2.37. The molecule has 1 amide bonds. The van der Waals surface area contributed by atoms with Gasteiger partial charge in [-0.1, -0.05) is 29.3 Å². The van der Waals surface area contributed by atoms with E-state index < -0.39 is 41.8 Å². The molecule has 0 bridgehead atoms. The van der Waals surface area contributed by atoms with E-state index in [0.717, 1.165) is 13.0 Å². The molecular formula is C25H24Cl2F6N4O. The second kappa shape index (κ2) is 12.9. The zero-order chi connectivity index (χ0) is 27.9. The minimum atomic E-state index is -4.98. The number of rotatable bonds is 11. The van der Waals surface area contributed by atoms with Gasteiger partial charge in [0.25, 0.3) is 0 Å². The summed E-state index contributed by atoms with van der Waals surface area (Å²) in [4.78, 5) is 17.0. The second-order valence-corrected chi connectivity index (χ2v) is 9.37. The van der Waals surface area contributed by atoms with E-state index in [1.807, 2.05) is 10.8 Å². The van der Waals surface area contributed by atoms with Gasteiger partial charge in [0.15, 0.2) is 0 Å². The molecule has 0 aliphatic rings. The van der Waals surface area contributed by atoms with Gasteiger partial charge in [-0.2, -0.15) is 26.3 Å². The van der Waals surface area contributed by atoms with E-state index in [4.69, 9.17) is 23.2 Å². The number of alkyl halides is 6. The van der Waals surface area contributed by atoms with Gasteiger partial charge in [-0.15, -0.1) is 0 Å². The topological polar surface area (TPSA) is 59.0 Å². The van der Waals surface area contributed by atoms with Crippen LogP contribution in [-0.2, 0) is 30.2 Å². The van der Waals surface area contributed by atoms with E-state index in [0.29, 0.717) is 37.2 Å². The number of nitrogens with one attached hydrogen (secondary N) is 2. The Morgan fingerprint density at radius 3 is 2.21 bits per heavy atom. The molecule has 0 fully saturated rings. The van der Waals surface area contributed by atoms with Crippen molar-refractivity contribution in [2.24, 2.45) is 0 Å². The maximum Gasteiger partial charge on any atom is 0.416 e. The number of carbonyl (C=O) groups is 1. The van der Waals surface area contributed by atoms with Crippen LogP contribution in [0.3, 0.4) is 0 Å². The lowest BCUT2D eigenvalue weighted by molar-refractivity contribution is -0.143. The quantitative estimate of drug-likeness (QED) is 0.196. The number of benzene rings is 2. The van der Waals surface area contributed by atoms with Gasteiger partial charge in [-0.25, -0.2) is 4.98 Å². The van der Waals surface area contributed by atoms with Crippen molar-refractivity contribution < 1.29 is 31.1 Å². The number of aromatic nitrogens is 2. The zero-order valence-electron chi connectivity index (χ0n) is 19.8. The van der Waals surface area contributed by atoms with Crippen LogP contribution in [0, 0.1) is 0 Å². The number of imidazole rings is 1. The molecule has 1 unspecified atom stereocenters. The molecule has 5 nitrogen and oxygen atoms in total. The van der Waals surface area contributed by atoms with Gasteiger partial charge >= 0.3 is 12.4 Å². The first kappa shape index (κ1) is 29.8. The largest absolute Gasteiger partial charge is 0.416 e. The summed E-state index contributed by atoms with van der Waals surface area (Å²) in [5.41, 5.74) is -2.71. The molecule has 1 heterocycles. The summed E-state index contributed by atoms with van der Waals surface area (Å²) in [5, 5.41) is 6.18. The summed E-state index contributed by atoms with van der Waals surface area (Å²) in [5.74, 6) is -1.35. The predicted molar refractivity (Wildman–Crippen MR) is 132 cm³/mol. The smallest absolute Gasteiger partial charge is 0.351 e. The van der Waals surface area contributed by atoms with Gasteiger partial charge in [0.1, 0.15) is 0 Å². The molecule has 2 N–H and O–H groups in total. The summed E-state index contributed by atoms with van der Waals surface area (Å²) < 4.78 is 81.0. The molecular weight excluding hydrogens is 557 g/mol. The Kier molecular flexibility index (Phi) is 10.1. The maximum atomic E-state index is 13.2. The highest BCUT2D eigenvalue weighted by molar-refractivity contribution is 6.42. The highest BCUT2D eigenvalue weighted by Crippen LogP contribution is 2.36. The molecule has 206 valence electrons. The van der Waals surface area contributed by atoms with Crippen molar-refractivity contribution in [3.05, 3.63) is 87.4 Å². The van der Waals surface area contributed by atoms with Crippen LogP contribution in [0.25, 0.3) is 0 Å². The van der Waals surface area contributed by atoms with Crippen LogP contribution in [0.4, 0.5) is 26.3 Å². The number of aryl methyl sites for hydroxylation is 1. The van der Waals surface area contributed by atoms with Crippen LogP contribution < -0.4 is 10.6 Å². The molecule has 0 aliphatic carbocycles. The lowest BCUT2D eigenvalue weighted by atomic mass is 9.94. The van der Waals surface area contributed by atoms with Gasteiger partial charge in [0.05, 0.1) is 33.4 Å². The van der Waals surface area contributed by atoms with Crippen LogP contribution in [-0.4, -0.2) is 28.5 Å². The average Bonchev–Trinajstić information content (AvgIpc) is 3.36. The van der Waals surface area contributed by atoms with Crippen molar-refractivity contribution in [1.82, 2.24) is 20.2 Å². The first-order valence-electron chi connectivity index (χ1n) is 11.5. The van der Waals surface area contributed by atoms with E-state index >= 15 is 0 Å². The van der Waals surface area contributed by atoms with Crippen molar-refractivity contribution in [2.75, 3.05) is 13.1 Å². The number of hydrogen-bond donors (Lipinski definition) is 2. The monoisotopic (exact) mass is 580 g/mol. The van der Waals surface area contributed by atoms with Gasteiger partial charge in [-0.3, -0.25) is 4.79 Å². The molecule has 0 radical (unpaired) electrons. The molecule has 3 aromatic rings. The van der Waals surface area contributed by atoms with E-state index in [2.05, 4.69) is 15.6 Å². The number of amides is 1. The fourth-order valence-electron chi connectivity index (χ4n) is 3.79. The molecule has 1 atom stereocenters. The SMILES string of the molecule is O=C(NCc1cc(C(F)(F)F)cc(C(F)(F)F)c1)C(CCNCCCn1ccnc1)c1ccc(Cl)c(Cl)c1. The molecule has 2 aromatic carbocycles. The first-order valence-corrected chi connectivity index (χ1v) is 12.3. The number of carbonyl (C=O) groups excluding carboxylic acids is 1. The van der Waals surface area contributed by atoms with Crippen molar-refractivity contribution in [3.8, 4) is 0 Å². The standard InChI is InChI=1S/C25H24Cl2F6N4O/c26-21-3-2-17(12-22(21)27)20(4-6-34-5-1-8-37-9-7-35-15-37)23(38)36-14-16-10-18(24(28,29)30)13-19(11-16)25(31,32)33/h2-3,7,9-13,15,20,34H,1,4-6,8,14H2,(H,36,38). The Labute approximate surface area is 225 Å². The molecule has 0 saturated heterocycles. The van der Waals surface area contributed by atoms with E-state index in [9.17, 15) is 31.1 Å². The Morgan fingerprint density at radius 2 is 1.63 bits per heavy atom. The molecule has 0 saturated carbocycles. The van der Waals surface area contributed by atoms with Crippen LogP contribution in [0.1, 0.15) is 41.0 Å². The Bertz CT molecular complexity index is 1180. The molecule has 1 aromatic heterocycles. The van der Waals surface area contributed by atoms with Crippen molar-refractivity contribution in [3.63, 3.8) is 0 Å². The van der Waals surface area contributed by atoms with Crippen LogP contribution >= 0.6 is 23.2 Å². The summed E-state index contributed by atoms with van der Waals surface area (Å²) in [6, 6.07) is 5.85. The summed E-state index contributed by atoms with van der Waals surface area (Å²) in [6.45, 7) is 1.30. The Balaban J connectivity index is 1.69. The predicted octanol–water partition coefficient (Wildman–Crippen LogP) is 6.70. The minimum Gasteiger partial charge on any atom is -0.351 e. The van der Waals surface area contributed by atoms with Gasteiger partial charge < -0.3 is 15.2 Å². The zero-order valence-corrected chi connectivity index (χ0v) is 21.4. The van der Waals surface area contributed by atoms with E-state index in [1.54, 1.807) is 18.6 Å². The van der Waals surface area contributed by atoms with Gasteiger partial charge in [0.2, 0.25) is 5.91 Å².